The van der Waals surface area contributed by atoms with Crippen LogP contribution in [0.5, 0.6) is 0 Å². The summed E-state index contributed by atoms with van der Waals surface area (Å²) in [6.45, 7) is 0.224. The molecule has 0 aliphatic rings. The first-order chi connectivity index (χ1) is 5.31. The maximum atomic E-state index is 10.7. The van der Waals surface area contributed by atoms with Crippen molar-refractivity contribution in [1.29, 1.82) is 0 Å². The molecule has 5 heteroatoms. The van der Waals surface area contributed by atoms with E-state index in [2.05, 4.69) is 4.52 Å². The summed E-state index contributed by atoms with van der Waals surface area (Å²) in [5.41, 5.74) is 0. The fraction of sp³-hybridized carbons (Fsp3) is 0.833. The predicted octanol–water partition coefficient (Wildman–Crippen LogP) is 0.941. The van der Waals surface area contributed by atoms with E-state index in [9.17, 15) is 9.36 Å². The topological polar surface area (TPSA) is 63.6 Å². The van der Waals surface area contributed by atoms with E-state index in [0.29, 0.717) is 19.4 Å². The number of aliphatic hydroxyl groups excluding tert-OH is 1. The molecule has 0 bridgehead atoms. The molecule has 0 amide bonds. The Morgan fingerprint density at radius 1 is 1.45 bits per heavy atom. The van der Waals surface area contributed by atoms with Gasteiger partial charge in [0.05, 0.1) is 6.61 Å². The zero-order valence-electron chi connectivity index (χ0n) is 6.15. The van der Waals surface area contributed by atoms with E-state index < -0.39 is 0 Å². The molecule has 0 aliphatic heterocycles. The summed E-state index contributed by atoms with van der Waals surface area (Å²) in [6.07, 6.45) is 1.15. The standard InChI is InChI=1S/C6H11O4P/c7-4-3-6(8)2-1-5-10-11-9/h7H,1-5H2. The van der Waals surface area contributed by atoms with E-state index in [0.717, 1.165) is 0 Å². The van der Waals surface area contributed by atoms with Crippen LogP contribution in [0, 0.1) is 0 Å². The van der Waals surface area contributed by atoms with Gasteiger partial charge in [-0.15, -0.1) is 0 Å². The normalized spacial score (nSPS) is 10.3. The van der Waals surface area contributed by atoms with Crippen LogP contribution in [-0.2, 0) is 13.9 Å². The van der Waals surface area contributed by atoms with Crippen LogP contribution < -0.4 is 0 Å². The van der Waals surface area contributed by atoms with Crippen molar-refractivity contribution in [2.75, 3.05) is 13.2 Å². The summed E-state index contributed by atoms with van der Waals surface area (Å²) in [4.78, 5) is 10.7. The molecular weight excluding hydrogens is 167 g/mol. The summed E-state index contributed by atoms with van der Waals surface area (Å²) in [5, 5.41) is 8.34. The number of aliphatic hydroxyl groups is 1. The molecule has 0 atom stereocenters. The number of carbonyl (C=O) groups is 1. The molecule has 4 nitrogen and oxygen atoms in total. The second-order valence-electron chi connectivity index (χ2n) is 2.02. The Kier molecular flexibility index (Phi) is 7.57. The van der Waals surface area contributed by atoms with Gasteiger partial charge >= 0.3 is 8.69 Å². The number of rotatable bonds is 7. The fourth-order valence-corrected chi connectivity index (χ4v) is 0.824. The van der Waals surface area contributed by atoms with Crippen LogP contribution >= 0.6 is 8.69 Å². The molecule has 1 N–H and O–H groups in total. The van der Waals surface area contributed by atoms with Gasteiger partial charge in [-0.1, -0.05) is 0 Å². The first-order valence-electron chi connectivity index (χ1n) is 3.38. The van der Waals surface area contributed by atoms with Crippen molar-refractivity contribution in [3.8, 4) is 0 Å². The molecule has 0 saturated heterocycles. The van der Waals surface area contributed by atoms with E-state index in [1.54, 1.807) is 0 Å². The highest BCUT2D eigenvalue weighted by molar-refractivity contribution is 7.17. The van der Waals surface area contributed by atoms with Gasteiger partial charge in [-0.05, 0) is 6.42 Å². The lowest BCUT2D eigenvalue weighted by molar-refractivity contribution is -0.119. The van der Waals surface area contributed by atoms with E-state index in [-0.39, 0.29) is 27.5 Å². The van der Waals surface area contributed by atoms with Crippen molar-refractivity contribution >= 4 is 14.5 Å². The highest BCUT2D eigenvalue weighted by atomic mass is 31.1. The minimum absolute atomic E-state index is 0.0127. The highest BCUT2D eigenvalue weighted by Crippen LogP contribution is 2.00. The molecule has 11 heavy (non-hydrogen) atoms. The van der Waals surface area contributed by atoms with Gasteiger partial charge in [-0.25, -0.2) is 4.57 Å². The molecule has 0 unspecified atom stereocenters. The van der Waals surface area contributed by atoms with E-state index >= 15 is 0 Å². The monoisotopic (exact) mass is 178 g/mol. The third-order valence-corrected chi connectivity index (χ3v) is 1.42. The van der Waals surface area contributed by atoms with Gasteiger partial charge < -0.3 is 5.11 Å². The van der Waals surface area contributed by atoms with Crippen molar-refractivity contribution in [2.24, 2.45) is 0 Å². The zero-order chi connectivity index (χ0) is 8.53. The summed E-state index contributed by atoms with van der Waals surface area (Å²) in [6, 6.07) is 0. The van der Waals surface area contributed by atoms with Crippen molar-refractivity contribution in [1.82, 2.24) is 0 Å². The Morgan fingerprint density at radius 3 is 2.73 bits per heavy atom. The van der Waals surface area contributed by atoms with Gasteiger partial charge in [0.2, 0.25) is 0 Å². The van der Waals surface area contributed by atoms with Crippen molar-refractivity contribution in [3.63, 3.8) is 0 Å². The van der Waals surface area contributed by atoms with E-state index in [1.165, 1.54) is 0 Å². The zero-order valence-corrected chi connectivity index (χ0v) is 7.05. The Balaban J connectivity index is 3.10. The molecule has 0 rings (SSSR count). The van der Waals surface area contributed by atoms with Crippen LogP contribution in [-0.4, -0.2) is 24.1 Å². The average molecular weight is 178 g/mol. The van der Waals surface area contributed by atoms with Gasteiger partial charge in [-0.3, -0.25) is 9.32 Å². The van der Waals surface area contributed by atoms with Crippen molar-refractivity contribution in [3.05, 3.63) is 0 Å². The number of hydrogen-bond donors (Lipinski definition) is 1. The Morgan fingerprint density at radius 2 is 2.18 bits per heavy atom. The van der Waals surface area contributed by atoms with E-state index in [4.69, 9.17) is 5.11 Å². The van der Waals surface area contributed by atoms with Crippen LogP contribution in [0.2, 0.25) is 0 Å². The smallest absolute Gasteiger partial charge is 0.327 e. The molecule has 64 valence electrons. The molecule has 0 aliphatic carbocycles. The molecular formula is C6H11O4P. The van der Waals surface area contributed by atoms with Gasteiger partial charge in [-0.2, -0.15) is 0 Å². The molecule has 0 saturated carbocycles. The van der Waals surface area contributed by atoms with Crippen LogP contribution in [0.1, 0.15) is 19.3 Å². The van der Waals surface area contributed by atoms with Gasteiger partial charge in [0.15, 0.2) is 0 Å². The van der Waals surface area contributed by atoms with Gasteiger partial charge in [0.1, 0.15) is 5.78 Å². The second-order valence-corrected chi connectivity index (χ2v) is 2.43. The van der Waals surface area contributed by atoms with Crippen LogP contribution in [0.3, 0.4) is 0 Å². The number of Topliss-reactive ketones (excluding diaryl/α,β-unsaturated/α-hetero) is 1. The SMILES string of the molecule is O=POCCCC(=O)CCO. The molecule has 0 heterocycles. The molecule has 0 radical (unpaired) electrons. The summed E-state index contributed by atoms with van der Waals surface area (Å²) in [7, 11) is -0.346. The Labute approximate surface area is 66.8 Å². The fourth-order valence-electron chi connectivity index (χ4n) is 0.621. The lowest BCUT2D eigenvalue weighted by atomic mass is 10.2. The first-order valence-corrected chi connectivity index (χ1v) is 4.11. The number of carbonyl (C=O) groups excluding carboxylic acids is 1. The third-order valence-electron chi connectivity index (χ3n) is 1.13. The van der Waals surface area contributed by atoms with Crippen LogP contribution in [0.25, 0.3) is 0 Å². The van der Waals surface area contributed by atoms with Crippen LogP contribution in [0.4, 0.5) is 0 Å². The summed E-state index contributed by atoms with van der Waals surface area (Å²) in [5.74, 6) is 0.0127. The Bertz CT molecular complexity index is 126. The summed E-state index contributed by atoms with van der Waals surface area (Å²) < 4.78 is 14.2. The minimum atomic E-state index is -0.346. The molecule has 0 fully saturated rings. The number of hydrogen-bond acceptors (Lipinski definition) is 4. The first kappa shape index (κ1) is 10.7. The van der Waals surface area contributed by atoms with E-state index in [1.807, 2.05) is 0 Å². The quantitative estimate of drug-likeness (QED) is 0.465. The Hall–Kier alpha value is -0.310. The highest BCUT2D eigenvalue weighted by Gasteiger charge is 1.99. The molecule has 0 aromatic carbocycles. The molecule has 0 aromatic heterocycles. The van der Waals surface area contributed by atoms with Crippen molar-refractivity contribution < 1.29 is 19.0 Å². The second kappa shape index (κ2) is 7.79. The van der Waals surface area contributed by atoms with Gasteiger partial charge in [0, 0.05) is 19.4 Å². The third kappa shape index (κ3) is 7.59. The lowest BCUT2D eigenvalue weighted by Crippen LogP contribution is -2.01. The number of ketones is 1. The molecule has 0 spiro atoms. The van der Waals surface area contributed by atoms with Crippen LogP contribution in [0.15, 0.2) is 0 Å². The predicted molar refractivity (Wildman–Crippen MR) is 39.5 cm³/mol. The maximum absolute atomic E-state index is 10.7. The van der Waals surface area contributed by atoms with Crippen molar-refractivity contribution in [2.45, 2.75) is 19.3 Å². The largest absolute Gasteiger partial charge is 0.396 e. The van der Waals surface area contributed by atoms with Gasteiger partial charge in [0.25, 0.3) is 0 Å². The molecule has 0 aromatic rings. The average Bonchev–Trinajstić information content (AvgIpc) is 1.99. The minimum Gasteiger partial charge on any atom is -0.396 e. The maximum Gasteiger partial charge on any atom is 0.327 e. The summed E-state index contributed by atoms with van der Waals surface area (Å²) >= 11 is 0. The lowest BCUT2D eigenvalue weighted by Gasteiger charge is -1.95.